The molecule has 4 aromatic rings. The summed E-state index contributed by atoms with van der Waals surface area (Å²) in [5.41, 5.74) is 0.371. The molecule has 0 aliphatic carbocycles. The van der Waals surface area contributed by atoms with Crippen molar-refractivity contribution in [2.75, 3.05) is 0 Å². The third-order valence-corrected chi connectivity index (χ3v) is 6.14. The molecule has 0 bridgehead atoms. The van der Waals surface area contributed by atoms with Crippen LogP contribution in [0, 0.1) is 0 Å². The van der Waals surface area contributed by atoms with Gasteiger partial charge in [0.2, 0.25) is 0 Å². The van der Waals surface area contributed by atoms with Crippen molar-refractivity contribution in [3.05, 3.63) is 61.3 Å². The van der Waals surface area contributed by atoms with Crippen LogP contribution >= 0.6 is 11.8 Å². The molecule has 3 heterocycles. The van der Waals surface area contributed by atoms with E-state index in [1.54, 1.807) is 24.7 Å². The number of nitrogens with one attached hydrogen (secondary N) is 1. The Bertz CT molecular complexity index is 1430. The molecular weight excluding hydrogens is 404 g/mol. The number of rotatable bonds is 6. The normalized spacial score (nSPS) is 11.6. The van der Waals surface area contributed by atoms with E-state index in [1.807, 2.05) is 25.1 Å². The molecule has 0 fully saturated rings. The van der Waals surface area contributed by atoms with Crippen LogP contribution in [0.25, 0.3) is 22.1 Å². The van der Waals surface area contributed by atoms with Gasteiger partial charge in [0, 0.05) is 20.6 Å². The number of unbranched alkanes of at least 4 members (excludes halogenated alkanes) is 1. The number of nitrogens with zero attached hydrogens (tertiary/aromatic N) is 5. The molecule has 0 atom stereocenters. The molecule has 0 amide bonds. The van der Waals surface area contributed by atoms with E-state index >= 15 is 0 Å². The Morgan fingerprint density at radius 2 is 1.83 bits per heavy atom. The first-order chi connectivity index (χ1) is 14.4. The van der Waals surface area contributed by atoms with Crippen molar-refractivity contribution in [1.29, 1.82) is 0 Å². The molecule has 0 saturated carbocycles. The number of imidazole rings is 1. The lowest BCUT2D eigenvalue weighted by Crippen LogP contribution is -2.31. The summed E-state index contributed by atoms with van der Waals surface area (Å²) < 4.78 is 4.72. The van der Waals surface area contributed by atoms with Gasteiger partial charge in [0.1, 0.15) is 5.82 Å². The molecular formula is C20H22N6O3S. The zero-order valence-corrected chi connectivity index (χ0v) is 17.8. The number of H-pyrrole nitrogens is 1. The number of aromatic amines is 1. The Kier molecular flexibility index (Phi) is 5.33. The van der Waals surface area contributed by atoms with Crippen molar-refractivity contribution in [2.45, 2.75) is 37.2 Å². The van der Waals surface area contributed by atoms with Crippen LogP contribution < -0.4 is 16.8 Å². The number of benzene rings is 1. The molecule has 0 aliphatic heterocycles. The van der Waals surface area contributed by atoms with Crippen molar-refractivity contribution in [1.82, 2.24) is 28.7 Å². The quantitative estimate of drug-likeness (QED) is 0.372. The van der Waals surface area contributed by atoms with Gasteiger partial charge in [-0.05, 0) is 18.6 Å². The number of hydrogen-bond acceptors (Lipinski definition) is 6. The molecule has 9 nitrogen and oxygen atoms in total. The van der Waals surface area contributed by atoms with E-state index in [0.717, 1.165) is 12.8 Å². The second-order valence-corrected chi connectivity index (χ2v) is 8.03. The summed E-state index contributed by atoms with van der Waals surface area (Å²) in [7, 11) is 3.44. The first-order valence-corrected chi connectivity index (χ1v) is 10.7. The van der Waals surface area contributed by atoms with Crippen molar-refractivity contribution < 1.29 is 0 Å². The Hall–Kier alpha value is -3.14. The highest BCUT2D eigenvalue weighted by Crippen LogP contribution is 2.22. The first kappa shape index (κ1) is 20.1. The minimum atomic E-state index is -0.453. The standard InChI is InChI=1S/C20H22N6O3S/c1-4-5-10-26-16-15(17(27)23-19(26)29)24(2)14(22-16)11-30-20-21-13-9-7-6-8-12(13)18(28)25(20)3/h6-9H,4-5,10-11H2,1-3H3,(H,23,27,29). The van der Waals surface area contributed by atoms with Gasteiger partial charge in [-0.25, -0.2) is 14.8 Å². The summed E-state index contributed by atoms with van der Waals surface area (Å²) in [4.78, 5) is 48.8. The maximum Gasteiger partial charge on any atom is 0.330 e. The summed E-state index contributed by atoms with van der Waals surface area (Å²) >= 11 is 1.36. The van der Waals surface area contributed by atoms with Gasteiger partial charge < -0.3 is 4.57 Å². The Balaban J connectivity index is 1.74. The predicted molar refractivity (Wildman–Crippen MR) is 117 cm³/mol. The first-order valence-electron chi connectivity index (χ1n) is 9.69. The average Bonchev–Trinajstić information content (AvgIpc) is 3.06. The van der Waals surface area contributed by atoms with Crippen LogP contribution in [0.15, 0.2) is 43.8 Å². The van der Waals surface area contributed by atoms with E-state index in [-0.39, 0.29) is 5.56 Å². The Morgan fingerprint density at radius 3 is 2.60 bits per heavy atom. The molecule has 10 heteroatoms. The van der Waals surface area contributed by atoms with Crippen LogP contribution in [0.5, 0.6) is 0 Å². The Morgan fingerprint density at radius 1 is 1.07 bits per heavy atom. The molecule has 0 aliphatic rings. The number of aromatic nitrogens is 6. The summed E-state index contributed by atoms with van der Waals surface area (Å²) in [6, 6.07) is 7.22. The second kappa shape index (κ2) is 7.94. The SMILES string of the molecule is CCCCn1c(=O)[nH]c(=O)c2c1nc(CSc1nc3ccccc3c(=O)n1C)n2C. The van der Waals surface area contributed by atoms with E-state index in [1.165, 1.54) is 20.9 Å². The van der Waals surface area contributed by atoms with Crippen molar-refractivity contribution in [3.63, 3.8) is 0 Å². The molecule has 156 valence electrons. The molecule has 1 N–H and O–H groups in total. The highest BCUT2D eigenvalue weighted by molar-refractivity contribution is 7.98. The van der Waals surface area contributed by atoms with E-state index < -0.39 is 11.2 Å². The lowest BCUT2D eigenvalue weighted by Gasteiger charge is -2.08. The maximum absolute atomic E-state index is 12.6. The van der Waals surface area contributed by atoms with Crippen molar-refractivity contribution >= 4 is 33.8 Å². The summed E-state index contributed by atoms with van der Waals surface area (Å²) in [6.45, 7) is 2.53. The smallest absolute Gasteiger partial charge is 0.325 e. The molecule has 30 heavy (non-hydrogen) atoms. The monoisotopic (exact) mass is 426 g/mol. The van der Waals surface area contributed by atoms with Gasteiger partial charge in [0.05, 0.1) is 16.7 Å². The van der Waals surface area contributed by atoms with Crippen molar-refractivity contribution in [3.8, 4) is 0 Å². The van der Waals surface area contributed by atoms with Gasteiger partial charge in [0.25, 0.3) is 11.1 Å². The van der Waals surface area contributed by atoms with Crippen LogP contribution in [-0.2, 0) is 26.4 Å². The molecule has 1 aromatic carbocycles. The summed E-state index contributed by atoms with van der Waals surface area (Å²) in [5, 5.41) is 1.13. The van der Waals surface area contributed by atoms with Gasteiger partial charge in [-0.1, -0.05) is 37.2 Å². The van der Waals surface area contributed by atoms with E-state index in [9.17, 15) is 14.4 Å². The van der Waals surface area contributed by atoms with Crippen LogP contribution in [0.2, 0.25) is 0 Å². The predicted octanol–water partition coefficient (Wildman–Crippen LogP) is 1.76. The molecule has 0 spiro atoms. The minimum Gasteiger partial charge on any atom is -0.325 e. The maximum atomic E-state index is 12.6. The summed E-state index contributed by atoms with van der Waals surface area (Å²) in [5.74, 6) is 1.02. The molecule has 0 saturated heterocycles. The number of fused-ring (bicyclic) bond motifs is 2. The minimum absolute atomic E-state index is 0.113. The van der Waals surface area contributed by atoms with E-state index in [4.69, 9.17) is 0 Å². The highest BCUT2D eigenvalue weighted by atomic mass is 32.2. The molecule has 0 radical (unpaired) electrons. The topological polar surface area (TPSA) is 108 Å². The lowest BCUT2D eigenvalue weighted by atomic mass is 10.2. The van der Waals surface area contributed by atoms with Gasteiger partial charge in [-0.15, -0.1) is 0 Å². The van der Waals surface area contributed by atoms with Gasteiger partial charge in [-0.3, -0.25) is 23.7 Å². The third kappa shape index (κ3) is 3.36. The fourth-order valence-corrected chi connectivity index (χ4v) is 4.36. The van der Waals surface area contributed by atoms with E-state index in [2.05, 4.69) is 15.0 Å². The average molecular weight is 427 g/mol. The fraction of sp³-hybridized carbons (Fsp3) is 0.350. The van der Waals surface area contributed by atoms with Crippen molar-refractivity contribution in [2.24, 2.45) is 14.1 Å². The van der Waals surface area contributed by atoms with Crippen LogP contribution in [0.4, 0.5) is 0 Å². The van der Waals surface area contributed by atoms with Crippen LogP contribution in [0.1, 0.15) is 25.6 Å². The van der Waals surface area contributed by atoms with Crippen LogP contribution in [-0.4, -0.2) is 28.7 Å². The zero-order valence-electron chi connectivity index (χ0n) is 17.0. The highest BCUT2D eigenvalue weighted by Gasteiger charge is 2.17. The number of para-hydroxylation sites is 1. The van der Waals surface area contributed by atoms with Gasteiger partial charge in [-0.2, -0.15) is 0 Å². The molecule has 4 rings (SSSR count). The number of hydrogen-bond donors (Lipinski definition) is 1. The molecule has 0 unspecified atom stereocenters. The largest absolute Gasteiger partial charge is 0.330 e. The summed E-state index contributed by atoms with van der Waals surface area (Å²) in [6.07, 6.45) is 1.73. The van der Waals surface area contributed by atoms with Crippen LogP contribution in [0.3, 0.4) is 0 Å². The van der Waals surface area contributed by atoms with Gasteiger partial charge in [0.15, 0.2) is 16.3 Å². The molecule has 3 aromatic heterocycles. The third-order valence-electron chi connectivity index (χ3n) is 5.11. The van der Waals surface area contributed by atoms with E-state index in [0.29, 0.717) is 45.3 Å². The number of thioether (sulfide) groups is 1. The zero-order chi connectivity index (χ0) is 21.4. The lowest BCUT2D eigenvalue weighted by molar-refractivity contribution is 0.613. The fourth-order valence-electron chi connectivity index (χ4n) is 3.40. The second-order valence-electron chi connectivity index (χ2n) is 7.09. The number of aryl methyl sites for hydroxylation is 2. The Labute approximate surface area is 175 Å². The van der Waals surface area contributed by atoms with Gasteiger partial charge >= 0.3 is 5.69 Å².